The first-order chi connectivity index (χ1) is 16.8. The van der Waals surface area contributed by atoms with Crippen LogP contribution in [-0.4, -0.2) is 56.5 Å². The summed E-state index contributed by atoms with van der Waals surface area (Å²) in [5.74, 6) is -1.28. The second-order valence-corrected chi connectivity index (χ2v) is 10.4. The number of fused-ring (bicyclic) bond motifs is 2. The number of morpholine rings is 1. The first-order valence-electron chi connectivity index (χ1n) is 10.8. The molecule has 3 aromatic carbocycles. The summed E-state index contributed by atoms with van der Waals surface area (Å²) in [4.78, 5) is 38.8. The van der Waals surface area contributed by atoms with Gasteiger partial charge in [0.1, 0.15) is 0 Å². The standard InChI is InChI=1S/C25H19ClN2O6S/c26-21-13-19-20(24(30)18-7-2-1-6-17(18)23(19)29)14-22(21)27-25(31)15-4-3-5-16(12-15)35(32,33)28-8-10-34-11-9-28/h1-7,12-14H,8-11H2,(H,27,31). The van der Waals surface area contributed by atoms with Crippen LogP contribution < -0.4 is 5.32 Å². The Hall–Kier alpha value is -3.37. The summed E-state index contributed by atoms with van der Waals surface area (Å²) in [6.07, 6.45) is 0. The van der Waals surface area contributed by atoms with E-state index in [1.807, 2.05) is 0 Å². The molecule has 178 valence electrons. The largest absolute Gasteiger partial charge is 0.379 e. The molecule has 1 saturated heterocycles. The number of amides is 1. The monoisotopic (exact) mass is 510 g/mol. The molecule has 1 aliphatic heterocycles. The van der Waals surface area contributed by atoms with Gasteiger partial charge in [0.15, 0.2) is 11.6 Å². The van der Waals surface area contributed by atoms with Gasteiger partial charge in [-0.15, -0.1) is 0 Å². The quantitative estimate of drug-likeness (QED) is 0.450. The number of carbonyl (C=O) groups is 3. The van der Waals surface area contributed by atoms with Crippen LogP contribution in [0, 0.1) is 0 Å². The van der Waals surface area contributed by atoms with Crippen molar-refractivity contribution in [1.29, 1.82) is 0 Å². The number of carbonyl (C=O) groups excluding carboxylic acids is 3. The minimum atomic E-state index is -3.79. The Kier molecular flexibility index (Phi) is 6.02. The molecule has 1 fully saturated rings. The van der Waals surface area contributed by atoms with Crippen molar-refractivity contribution in [1.82, 2.24) is 4.31 Å². The van der Waals surface area contributed by atoms with E-state index in [1.54, 1.807) is 24.3 Å². The van der Waals surface area contributed by atoms with E-state index in [4.69, 9.17) is 16.3 Å². The van der Waals surface area contributed by atoms with Crippen LogP contribution in [0.5, 0.6) is 0 Å². The zero-order valence-corrected chi connectivity index (χ0v) is 19.9. The van der Waals surface area contributed by atoms with E-state index in [-0.39, 0.29) is 62.5 Å². The highest BCUT2D eigenvalue weighted by molar-refractivity contribution is 7.89. The average Bonchev–Trinajstić information content (AvgIpc) is 2.88. The maximum Gasteiger partial charge on any atom is 0.255 e. The lowest BCUT2D eigenvalue weighted by molar-refractivity contribution is 0.0730. The van der Waals surface area contributed by atoms with Crippen LogP contribution in [0.25, 0.3) is 0 Å². The van der Waals surface area contributed by atoms with Gasteiger partial charge in [0.2, 0.25) is 10.0 Å². The molecule has 0 saturated carbocycles. The Morgan fingerprint density at radius 3 is 2.14 bits per heavy atom. The van der Waals surface area contributed by atoms with Gasteiger partial charge in [0, 0.05) is 40.9 Å². The third-order valence-electron chi connectivity index (χ3n) is 5.97. The van der Waals surface area contributed by atoms with Crippen molar-refractivity contribution in [3.8, 4) is 0 Å². The summed E-state index contributed by atoms with van der Waals surface area (Å²) in [6, 6.07) is 14.9. The Bertz CT molecular complexity index is 1500. The molecule has 0 radical (unpaired) electrons. The highest BCUT2D eigenvalue weighted by atomic mass is 35.5. The lowest BCUT2D eigenvalue weighted by Crippen LogP contribution is -2.40. The molecule has 35 heavy (non-hydrogen) atoms. The zero-order chi connectivity index (χ0) is 24.7. The molecule has 1 aliphatic carbocycles. The van der Waals surface area contributed by atoms with E-state index in [0.29, 0.717) is 18.8 Å². The van der Waals surface area contributed by atoms with Gasteiger partial charge in [-0.05, 0) is 30.3 Å². The van der Waals surface area contributed by atoms with Crippen LogP contribution in [0.15, 0.2) is 65.6 Å². The number of hydrogen-bond donors (Lipinski definition) is 1. The second kappa shape index (κ2) is 9.01. The topological polar surface area (TPSA) is 110 Å². The predicted octanol–water partition coefficient (Wildman–Crippen LogP) is 3.39. The van der Waals surface area contributed by atoms with Crippen LogP contribution >= 0.6 is 11.6 Å². The van der Waals surface area contributed by atoms with Crippen molar-refractivity contribution in [2.24, 2.45) is 0 Å². The lowest BCUT2D eigenvalue weighted by Gasteiger charge is -2.26. The highest BCUT2D eigenvalue weighted by Crippen LogP contribution is 2.34. The fourth-order valence-corrected chi connectivity index (χ4v) is 5.81. The van der Waals surface area contributed by atoms with E-state index in [9.17, 15) is 22.8 Å². The molecule has 10 heteroatoms. The van der Waals surface area contributed by atoms with Crippen molar-refractivity contribution < 1.29 is 27.5 Å². The van der Waals surface area contributed by atoms with Gasteiger partial charge in [-0.1, -0.05) is 41.9 Å². The van der Waals surface area contributed by atoms with Gasteiger partial charge in [0.25, 0.3) is 5.91 Å². The summed E-state index contributed by atoms with van der Waals surface area (Å²) in [6.45, 7) is 1.09. The van der Waals surface area contributed by atoms with Gasteiger partial charge in [-0.25, -0.2) is 8.42 Å². The van der Waals surface area contributed by atoms with Crippen molar-refractivity contribution in [2.75, 3.05) is 31.6 Å². The van der Waals surface area contributed by atoms with Gasteiger partial charge < -0.3 is 10.1 Å². The molecule has 1 N–H and O–H groups in total. The fourth-order valence-electron chi connectivity index (χ4n) is 4.14. The minimum absolute atomic E-state index is 0.0130. The number of halogens is 1. The van der Waals surface area contributed by atoms with E-state index in [2.05, 4.69) is 5.32 Å². The van der Waals surface area contributed by atoms with Crippen molar-refractivity contribution in [3.63, 3.8) is 0 Å². The van der Waals surface area contributed by atoms with E-state index >= 15 is 0 Å². The third kappa shape index (κ3) is 4.17. The molecule has 2 aliphatic rings. The maximum absolute atomic E-state index is 13.0. The highest BCUT2D eigenvalue weighted by Gasteiger charge is 2.31. The van der Waals surface area contributed by atoms with E-state index in [1.165, 1.54) is 40.7 Å². The SMILES string of the molecule is O=C(Nc1cc2c(cc1Cl)C(=O)c1ccccc1C2=O)c1cccc(S(=O)(=O)N2CCOCC2)c1. The summed E-state index contributed by atoms with van der Waals surface area (Å²) in [7, 11) is -3.79. The summed E-state index contributed by atoms with van der Waals surface area (Å²) in [5.41, 5.74) is 1.12. The van der Waals surface area contributed by atoms with Crippen LogP contribution in [-0.2, 0) is 14.8 Å². The molecule has 5 rings (SSSR count). The minimum Gasteiger partial charge on any atom is -0.379 e. The first-order valence-corrected chi connectivity index (χ1v) is 12.6. The molecule has 1 heterocycles. The van der Waals surface area contributed by atoms with Crippen molar-refractivity contribution in [3.05, 3.63) is 93.5 Å². The molecule has 0 aromatic heterocycles. The molecule has 0 spiro atoms. The average molecular weight is 511 g/mol. The summed E-state index contributed by atoms with van der Waals surface area (Å²) in [5, 5.41) is 2.71. The number of benzene rings is 3. The number of ether oxygens (including phenoxy) is 1. The number of anilines is 1. The smallest absolute Gasteiger partial charge is 0.255 e. The first kappa shape index (κ1) is 23.4. The molecule has 8 nitrogen and oxygen atoms in total. The third-order valence-corrected chi connectivity index (χ3v) is 8.17. The molecule has 3 aromatic rings. The molecule has 0 bridgehead atoms. The number of sulfonamides is 1. The Labute approximate surface area is 206 Å². The summed E-state index contributed by atoms with van der Waals surface area (Å²) >= 11 is 6.35. The number of rotatable bonds is 4. The Morgan fingerprint density at radius 1 is 0.857 bits per heavy atom. The van der Waals surface area contributed by atoms with Crippen LogP contribution in [0.3, 0.4) is 0 Å². The van der Waals surface area contributed by atoms with Crippen molar-refractivity contribution in [2.45, 2.75) is 4.90 Å². The van der Waals surface area contributed by atoms with Gasteiger partial charge >= 0.3 is 0 Å². The van der Waals surface area contributed by atoms with Crippen molar-refractivity contribution >= 4 is 44.8 Å². The van der Waals surface area contributed by atoms with Crippen LogP contribution in [0.4, 0.5) is 5.69 Å². The van der Waals surface area contributed by atoms with Crippen LogP contribution in [0.2, 0.25) is 5.02 Å². The zero-order valence-electron chi connectivity index (χ0n) is 18.3. The van der Waals surface area contributed by atoms with Gasteiger partial charge in [0.05, 0.1) is 28.8 Å². The van der Waals surface area contributed by atoms with E-state index < -0.39 is 15.9 Å². The normalized spacial score (nSPS) is 15.9. The number of nitrogens with zero attached hydrogens (tertiary/aromatic N) is 1. The van der Waals surface area contributed by atoms with E-state index in [0.717, 1.165) is 0 Å². The van der Waals surface area contributed by atoms with Crippen LogP contribution in [0.1, 0.15) is 42.2 Å². The Balaban J connectivity index is 1.44. The van der Waals surface area contributed by atoms with Gasteiger partial charge in [-0.3, -0.25) is 14.4 Å². The fraction of sp³-hybridized carbons (Fsp3) is 0.160. The lowest BCUT2D eigenvalue weighted by atomic mass is 9.84. The number of nitrogens with one attached hydrogen (secondary N) is 1. The van der Waals surface area contributed by atoms with Gasteiger partial charge in [-0.2, -0.15) is 4.31 Å². The maximum atomic E-state index is 13.0. The molecule has 0 atom stereocenters. The molecular weight excluding hydrogens is 492 g/mol. The number of hydrogen-bond acceptors (Lipinski definition) is 6. The predicted molar refractivity (Wildman–Crippen MR) is 129 cm³/mol. The molecule has 0 unspecified atom stereocenters. The number of ketones is 2. The second-order valence-electron chi connectivity index (χ2n) is 8.08. The Morgan fingerprint density at radius 2 is 1.49 bits per heavy atom. The summed E-state index contributed by atoms with van der Waals surface area (Å²) < 4.78 is 32.4. The molecule has 1 amide bonds. The molecular formula is C25H19ClN2O6S.